The van der Waals surface area contributed by atoms with Crippen LogP contribution in [0.15, 0.2) is 28.8 Å². The van der Waals surface area contributed by atoms with Gasteiger partial charge in [-0.3, -0.25) is 9.78 Å². The molecule has 7 heteroatoms. The summed E-state index contributed by atoms with van der Waals surface area (Å²) in [6.07, 6.45) is 3.42. The first kappa shape index (κ1) is 12.7. The topological polar surface area (TPSA) is 77.0 Å². The smallest absolute Gasteiger partial charge is 0.269 e. The lowest BCUT2D eigenvalue weighted by Gasteiger charge is -2.17. The van der Waals surface area contributed by atoms with Crippen LogP contribution in [0.2, 0.25) is 0 Å². The van der Waals surface area contributed by atoms with E-state index in [-0.39, 0.29) is 5.56 Å². The van der Waals surface area contributed by atoms with Crippen molar-refractivity contribution in [3.63, 3.8) is 0 Å². The molecule has 2 heterocycles. The zero-order valence-electron chi connectivity index (χ0n) is 10.1. The van der Waals surface area contributed by atoms with Crippen molar-refractivity contribution >= 4 is 17.0 Å². The van der Waals surface area contributed by atoms with Gasteiger partial charge >= 0.3 is 0 Å². The summed E-state index contributed by atoms with van der Waals surface area (Å²) in [4.78, 5) is 18.8. The van der Waals surface area contributed by atoms with E-state index in [1.54, 1.807) is 24.0 Å². The molecule has 2 aromatic rings. The highest BCUT2D eigenvalue weighted by atomic mass is 32.1. The molecular weight excluding hydrogens is 250 g/mol. The minimum atomic E-state index is -0.121. The van der Waals surface area contributed by atoms with Crippen molar-refractivity contribution in [3.05, 3.63) is 39.2 Å². The van der Waals surface area contributed by atoms with Crippen LogP contribution in [0.1, 0.15) is 4.88 Å². The maximum atomic E-state index is 11.9. The Morgan fingerprint density at radius 3 is 2.94 bits per heavy atom. The van der Waals surface area contributed by atoms with Crippen LogP contribution in [0.3, 0.4) is 0 Å². The first-order chi connectivity index (χ1) is 8.70. The molecule has 0 spiro atoms. The van der Waals surface area contributed by atoms with Crippen LogP contribution in [0, 0.1) is 0 Å². The quantitative estimate of drug-likeness (QED) is 0.832. The Hall–Kier alpha value is -1.73. The second kappa shape index (κ2) is 5.74. The van der Waals surface area contributed by atoms with E-state index in [9.17, 15) is 4.79 Å². The number of rotatable bonds is 5. The van der Waals surface area contributed by atoms with E-state index in [2.05, 4.69) is 10.1 Å². The molecule has 6 nitrogen and oxygen atoms in total. The van der Waals surface area contributed by atoms with Gasteiger partial charge in [0.15, 0.2) is 0 Å². The van der Waals surface area contributed by atoms with Gasteiger partial charge in [0.05, 0.1) is 23.9 Å². The normalized spacial score (nSPS) is 10.6. The highest BCUT2D eigenvalue weighted by molar-refractivity contribution is 7.09. The zero-order chi connectivity index (χ0) is 13.0. The largest absolute Gasteiger partial charge is 0.372 e. The summed E-state index contributed by atoms with van der Waals surface area (Å²) in [6.45, 7) is 1.70. The van der Waals surface area contributed by atoms with Crippen molar-refractivity contribution in [2.75, 3.05) is 25.0 Å². The SMILES string of the molecule is CN(CCN)c1cnn(Cc2cncs2)c(=O)c1. The summed E-state index contributed by atoms with van der Waals surface area (Å²) in [5.74, 6) is 0. The van der Waals surface area contributed by atoms with Crippen LogP contribution in [-0.4, -0.2) is 34.9 Å². The molecule has 0 aliphatic heterocycles. The van der Waals surface area contributed by atoms with Crippen molar-refractivity contribution in [2.45, 2.75) is 6.54 Å². The molecule has 0 amide bonds. The summed E-state index contributed by atoms with van der Waals surface area (Å²) < 4.78 is 1.42. The van der Waals surface area contributed by atoms with Gasteiger partial charge in [0.2, 0.25) is 0 Å². The molecule has 0 aliphatic carbocycles. The highest BCUT2D eigenvalue weighted by Crippen LogP contribution is 2.08. The predicted molar refractivity (Wildman–Crippen MR) is 72.0 cm³/mol. The highest BCUT2D eigenvalue weighted by Gasteiger charge is 2.05. The Balaban J connectivity index is 2.17. The Morgan fingerprint density at radius 2 is 2.33 bits per heavy atom. The number of likely N-dealkylation sites (N-methyl/N-ethyl adjacent to an activating group) is 1. The van der Waals surface area contributed by atoms with Gasteiger partial charge in [-0.15, -0.1) is 11.3 Å². The Kier molecular flexibility index (Phi) is 4.06. The van der Waals surface area contributed by atoms with Crippen molar-refractivity contribution in [1.29, 1.82) is 0 Å². The standard InChI is InChI=1S/C11H15N5OS/c1-15(3-2-12)9-4-11(17)16(14-5-9)7-10-6-13-8-18-10/h4-6,8H,2-3,7,12H2,1H3. The molecule has 2 rings (SSSR count). The minimum Gasteiger partial charge on any atom is -0.372 e. The van der Waals surface area contributed by atoms with E-state index >= 15 is 0 Å². The monoisotopic (exact) mass is 265 g/mol. The van der Waals surface area contributed by atoms with E-state index in [4.69, 9.17) is 5.73 Å². The van der Waals surface area contributed by atoms with Gasteiger partial charge in [-0.05, 0) is 0 Å². The van der Waals surface area contributed by atoms with Gasteiger partial charge in [-0.2, -0.15) is 5.10 Å². The number of nitrogens with two attached hydrogens (primary N) is 1. The Bertz CT molecular complexity index is 551. The summed E-state index contributed by atoms with van der Waals surface area (Å²) in [7, 11) is 1.89. The van der Waals surface area contributed by atoms with Crippen LogP contribution in [0.4, 0.5) is 5.69 Å². The molecule has 0 radical (unpaired) electrons. The molecule has 0 fully saturated rings. The number of hydrogen-bond acceptors (Lipinski definition) is 6. The Morgan fingerprint density at radius 1 is 1.50 bits per heavy atom. The van der Waals surface area contributed by atoms with Crippen LogP contribution < -0.4 is 16.2 Å². The molecular formula is C11H15N5OS. The summed E-state index contributed by atoms with van der Waals surface area (Å²) >= 11 is 1.51. The van der Waals surface area contributed by atoms with E-state index in [1.165, 1.54) is 16.0 Å². The summed E-state index contributed by atoms with van der Waals surface area (Å²) in [5, 5.41) is 4.16. The molecule has 0 bridgehead atoms. The lowest BCUT2D eigenvalue weighted by molar-refractivity contribution is 0.642. The van der Waals surface area contributed by atoms with Crippen molar-refractivity contribution in [1.82, 2.24) is 14.8 Å². The van der Waals surface area contributed by atoms with Crippen molar-refractivity contribution in [2.24, 2.45) is 5.73 Å². The zero-order valence-corrected chi connectivity index (χ0v) is 10.9. The minimum absolute atomic E-state index is 0.121. The number of thiazole rings is 1. The average molecular weight is 265 g/mol. The fraction of sp³-hybridized carbons (Fsp3) is 0.364. The summed E-state index contributed by atoms with van der Waals surface area (Å²) in [6, 6.07) is 1.57. The lowest BCUT2D eigenvalue weighted by Crippen LogP contribution is -2.29. The van der Waals surface area contributed by atoms with Gasteiger partial charge in [-0.25, -0.2) is 4.68 Å². The molecule has 2 N–H and O–H groups in total. The molecule has 2 aromatic heterocycles. The number of aromatic nitrogens is 3. The third-order valence-electron chi connectivity index (χ3n) is 2.55. The third-order valence-corrected chi connectivity index (χ3v) is 3.31. The summed E-state index contributed by atoms with van der Waals surface area (Å²) in [5.41, 5.74) is 7.88. The molecule has 0 saturated heterocycles. The van der Waals surface area contributed by atoms with Crippen LogP contribution in [0.5, 0.6) is 0 Å². The van der Waals surface area contributed by atoms with Gasteiger partial charge < -0.3 is 10.6 Å². The van der Waals surface area contributed by atoms with Gasteiger partial charge in [-0.1, -0.05) is 0 Å². The third kappa shape index (κ3) is 2.93. The first-order valence-electron chi connectivity index (χ1n) is 5.56. The fourth-order valence-electron chi connectivity index (χ4n) is 1.54. The maximum Gasteiger partial charge on any atom is 0.269 e. The number of nitrogens with zero attached hydrogens (tertiary/aromatic N) is 4. The molecule has 0 aromatic carbocycles. The van der Waals surface area contributed by atoms with Crippen molar-refractivity contribution < 1.29 is 0 Å². The first-order valence-corrected chi connectivity index (χ1v) is 6.44. The average Bonchev–Trinajstić information content (AvgIpc) is 2.85. The van der Waals surface area contributed by atoms with E-state index in [1.807, 2.05) is 11.9 Å². The molecule has 18 heavy (non-hydrogen) atoms. The fourth-order valence-corrected chi connectivity index (χ4v) is 2.12. The van der Waals surface area contributed by atoms with Gasteiger partial charge in [0.1, 0.15) is 0 Å². The van der Waals surface area contributed by atoms with Gasteiger partial charge in [0.25, 0.3) is 5.56 Å². The lowest BCUT2D eigenvalue weighted by atomic mass is 10.4. The molecule has 96 valence electrons. The van der Waals surface area contributed by atoms with Crippen LogP contribution in [-0.2, 0) is 6.54 Å². The second-order valence-electron chi connectivity index (χ2n) is 3.89. The molecule has 0 unspecified atom stereocenters. The molecule has 0 atom stereocenters. The molecule has 0 aliphatic rings. The van der Waals surface area contributed by atoms with Crippen LogP contribution >= 0.6 is 11.3 Å². The second-order valence-corrected chi connectivity index (χ2v) is 4.86. The molecule has 0 saturated carbocycles. The van der Waals surface area contributed by atoms with Crippen molar-refractivity contribution in [3.8, 4) is 0 Å². The number of anilines is 1. The maximum absolute atomic E-state index is 11.9. The van der Waals surface area contributed by atoms with Crippen LogP contribution in [0.25, 0.3) is 0 Å². The predicted octanol–water partition coefficient (Wildman–Crippen LogP) is 0.143. The van der Waals surface area contributed by atoms with E-state index in [0.717, 1.165) is 10.6 Å². The van der Waals surface area contributed by atoms with Gasteiger partial charge in [0, 0.05) is 37.3 Å². The Labute approximate surface area is 109 Å². The van der Waals surface area contributed by atoms with E-state index in [0.29, 0.717) is 19.6 Å². The van der Waals surface area contributed by atoms with E-state index < -0.39 is 0 Å². The number of hydrogen-bond donors (Lipinski definition) is 1.